The van der Waals surface area contributed by atoms with Gasteiger partial charge in [-0.1, -0.05) is 25.2 Å². The Morgan fingerprint density at radius 3 is 3.15 bits per heavy atom. The van der Waals surface area contributed by atoms with Crippen LogP contribution in [0.1, 0.15) is 19.8 Å². The van der Waals surface area contributed by atoms with Crippen LogP contribution < -0.4 is 5.32 Å². The van der Waals surface area contributed by atoms with Crippen molar-refractivity contribution < 1.29 is 9.90 Å². The molecule has 2 aliphatic heterocycles. The molecule has 1 fully saturated rings. The third kappa shape index (κ3) is 2.23. The average molecular weight is 274 g/mol. The van der Waals surface area contributed by atoms with Crippen LogP contribution in [-0.4, -0.2) is 47.7 Å². The molecule has 0 aromatic carbocycles. The molecule has 0 aromatic heterocycles. The standard InChI is InChI=1S/C16H22N2O2/c1-2-14(10-19)17-9-13-8-12-5-3-4-11-6-7-18(15(11)12)16(13)20/h3-5,8,11,14-15,17,19H,2,6-7,9-10H2,1H3/t11?,14-,15?/m1/s1. The molecule has 1 amide bonds. The van der Waals surface area contributed by atoms with E-state index in [2.05, 4.69) is 23.5 Å². The summed E-state index contributed by atoms with van der Waals surface area (Å²) in [5.74, 6) is 0.649. The van der Waals surface area contributed by atoms with E-state index in [9.17, 15) is 9.90 Å². The van der Waals surface area contributed by atoms with E-state index in [0.29, 0.717) is 12.5 Å². The molecule has 1 saturated heterocycles. The molecule has 4 nitrogen and oxygen atoms in total. The zero-order chi connectivity index (χ0) is 14.1. The summed E-state index contributed by atoms with van der Waals surface area (Å²) in [4.78, 5) is 14.5. The summed E-state index contributed by atoms with van der Waals surface area (Å²) in [6.45, 7) is 3.52. The molecule has 3 aliphatic rings. The first kappa shape index (κ1) is 13.6. The maximum Gasteiger partial charge on any atom is 0.251 e. The van der Waals surface area contributed by atoms with E-state index < -0.39 is 0 Å². The van der Waals surface area contributed by atoms with Gasteiger partial charge in [0.25, 0.3) is 5.91 Å². The first-order valence-corrected chi connectivity index (χ1v) is 7.48. The summed E-state index contributed by atoms with van der Waals surface area (Å²) in [7, 11) is 0. The summed E-state index contributed by atoms with van der Waals surface area (Å²) < 4.78 is 0. The molecule has 108 valence electrons. The summed E-state index contributed by atoms with van der Waals surface area (Å²) in [5, 5.41) is 12.5. The number of allylic oxidation sites excluding steroid dienone is 2. The lowest BCUT2D eigenvalue weighted by Crippen LogP contribution is -2.45. The molecule has 3 atom stereocenters. The van der Waals surface area contributed by atoms with Crippen molar-refractivity contribution in [1.82, 2.24) is 10.2 Å². The Morgan fingerprint density at radius 2 is 2.40 bits per heavy atom. The lowest BCUT2D eigenvalue weighted by Gasteiger charge is -2.35. The molecule has 0 saturated carbocycles. The first-order chi connectivity index (χ1) is 9.74. The number of carbonyl (C=O) groups is 1. The number of carbonyl (C=O) groups excluding carboxylic acids is 1. The van der Waals surface area contributed by atoms with Crippen LogP contribution in [0.5, 0.6) is 0 Å². The van der Waals surface area contributed by atoms with Crippen LogP contribution in [0.4, 0.5) is 0 Å². The van der Waals surface area contributed by atoms with Crippen molar-refractivity contribution in [2.45, 2.75) is 31.8 Å². The third-order valence-electron chi connectivity index (χ3n) is 4.60. The van der Waals surface area contributed by atoms with Gasteiger partial charge in [-0.2, -0.15) is 0 Å². The summed E-state index contributed by atoms with van der Waals surface area (Å²) in [5.41, 5.74) is 2.07. The number of amides is 1. The number of aliphatic hydroxyl groups excluding tert-OH is 1. The molecule has 0 bridgehead atoms. The highest BCUT2D eigenvalue weighted by atomic mass is 16.3. The number of rotatable bonds is 5. The summed E-state index contributed by atoms with van der Waals surface area (Å²) >= 11 is 0. The SMILES string of the molecule is CC[C@H](CO)NCC1=CC2=CC=CC3CCN(C1=O)C23. The zero-order valence-corrected chi connectivity index (χ0v) is 11.9. The van der Waals surface area contributed by atoms with Gasteiger partial charge in [-0.25, -0.2) is 0 Å². The number of nitrogens with zero attached hydrogens (tertiary/aromatic N) is 1. The highest BCUT2D eigenvalue weighted by molar-refractivity contribution is 5.97. The van der Waals surface area contributed by atoms with Crippen LogP contribution in [0.25, 0.3) is 0 Å². The second-order valence-electron chi connectivity index (χ2n) is 5.79. The lowest BCUT2D eigenvalue weighted by atomic mass is 9.86. The van der Waals surface area contributed by atoms with Gasteiger partial charge in [0.1, 0.15) is 0 Å². The number of hydrogen-bond donors (Lipinski definition) is 2. The van der Waals surface area contributed by atoms with Gasteiger partial charge in [0.05, 0.1) is 12.6 Å². The fraction of sp³-hybridized carbons (Fsp3) is 0.562. The van der Waals surface area contributed by atoms with Gasteiger partial charge in [0.2, 0.25) is 0 Å². The number of aliphatic hydroxyl groups is 1. The summed E-state index contributed by atoms with van der Waals surface area (Å²) in [6.07, 6.45) is 10.4. The molecule has 1 aliphatic carbocycles. The maximum absolute atomic E-state index is 12.5. The third-order valence-corrected chi connectivity index (χ3v) is 4.60. The minimum absolute atomic E-state index is 0.0629. The molecule has 2 heterocycles. The molecule has 0 radical (unpaired) electrons. The number of hydrogen-bond acceptors (Lipinski definition) is 3. The Hall–Kier alpha value is -1.39. The zero-order valence-electron chi connectivity index (χ0n) is 11.9. The normalized spacial score (nSPS) is 29.1. The molecule has 2 unspecified atom stereocenters. The second kappa shape index (κ2) is 5.54. The predicted molar refractivity (Wildman–Crippen MR) is 78.1 cm³/mol. The predicted octanol–water partition coefficient (Wildman–Crippen LogP) is 1.00. The molecular formula is C16H22N2O2. The lowest BCUT2D eigenvalue weighted by molar-refractivity contribution is -0.128. The van der Waals surface area contributed by atoms with E-state index in [1.54, 1.807) is 0 Å². The van der Waals surface area contributed by atoms with Crippen LogP contribution in [0.2, 0.25) is 0 Å². The Kier molecular flexibility index (Phi) is 3.76. The van der Waals surface area contributed by atoms with Crippen molar-refractivity contribution in [3.05, 3.63) is 35.5 Å². The smallest absolute Gasteiger partial charge is 0.251 e. The molecule has 0 spiro atoms. The quantitative estimate of drug-likeness (QED) is 0.786. The van der Waals surface area contributed by atoms with E-state index in [-0.39, 0.29) is 24.6 Å². The first-order valence-electron chi connectivity index (χ1n) is 7.48. The fourth-order valence-corrected chi connectivity index (χ4v) is 3.38. The topological polar surface area (TPSA) is 52.6 Å². The van der Waals surface area contributed by atoms with Crippen LogP contribution in [0.15, 0.2) is 35.5 Å². The van der Waals surface area contributed by atoms with Gasteiger partial charge >= 0.3 is 0 Å². The van der Waals surface area contributed by atoms with Gasteiger partial charge < -0.3 is 15.3 Å². The Balaban J connectivity index is 1.78. The molecule has 2 N–H and O–H groups in total. The van der Waals surface area contributed by atoms with Crippen molar-refractivity contribution in [3.63, 3.8) is 0 Å². The van der Waals surface area contributed by atoms with Gasteiger partial charge in [-0.3, -0.25) is 4.79 Å². The van der Waals surface area contributed by atoms with Crippen molar-refractivity contribution in [2.24, 2.45) is 5.92 Å². The van der Waals surface area contributed by atoms with Crippen LogP contribution >= 0.6 is 0 Å². The van der Waals surface area contributed by atoms with Gasteiger partial charge in [0, 0.05) is 30.6 Å². The minimum atomic E-state index is 0.0629. The second-order valence-corrected chi connectivity index (χ2v) is 5.79. The van der Waals surface area contributed by atoms with Crippen molar-refractivity contribution in [3.8, 4) is 0 Å². The van der Waals surface area contributed by atoms with E-state index in [1.165, 1.54) is 5.57 Å². The van der Waals surface area contributed by atoms with E-state index in [0.717, 1.165) is 25.0 Å². The largest absolute Gasteiger partial charge is 0.395 e. The van der Waals surface area contributed by atoms with Crippen LogP contribution in [0.3, 0.4) is 0 Å². The van der Waals surface area contributed by atoms with E-state index in [1.807, 2.05) is 17.9 Å². The molecular weight excluding hydrogens is 252 g/mol. The Labute approximate surface area is 119 Å². The fourth-order valence-electron chi connectivity index (χ4n) is 3.38. The monoisotopic (exact) mass is 274 g/mol. The van der Waals surface area contributed by atoms with Crippen molar-refractivity contribution in [1.29, 1.82) is 0 Å². The maximum atomic E-state index is 12.5. The molecule has 0 aromatic rings. The van der Waals surface area contributed by atoms with Gasteiger partial charge in [-0.05, 0) is 24.5 Å². The van der Waals surface area contributed by atoms with Crippen molar-refractivity contribution in [2.75, 3.05) is 19.7 Å². The average Bonchev–Trinajstić information content (AvgIpc) is 2.90. The van der Waals surface area contributed by atoms with Gasteiger partial charge in [-0.15, -0.1) is 0 Å². The minimum Gasteiger partial charge on any atom is -0.395 e. The Morgan fingerprint density at radius 1 is 1.55 bits per heavy atom. The van der Waals surface area contributed by atoms with Crippen LogP contribution in [-0.2, 0) is 4.79 Å². The number of nitrogens with one attached hydrogen (secondary N) is 1. The van der Waals surface area contributed by atoms with Gasteiger partial charge in [0.15, 0.2) is 0 Å². The Bertz CT molecular complexity index is 489. The van der Waals surface area contributed by atoms with E-state index in [4.69, 9.17) is 0 Å². The van der Waals surface area contributed by atoms with Crippen molar-refractivity contribution >= 4 is 5.91 Å². The highest BCUT2D eigenvalue weighted by Crippen LogP contribution is 2.37. The highest BCUT2D eigenvalue weighted by Gasteiger charge is 2.42. The molecule has 4 heteroatoms. The summed E-state index contributed by atoms with van der Waals surface area (Å²) in [6, 6.07) is 0.323. The van der Waals surface area contributed by atoms with Crippen LogP contribution in [0, 0.1) is 5.92 Å². The van der Waals surface area contributed by atoms with E-state index >= 15 is 0 Å². The molecule has 20 heavy (non-hydrogen) atoms. The molecule has 3 rings (SSSR count).